The smallest absolute Gasteiger partial charge is 0.333 e. The molecule has 0 aliphatic carbocycles. The molecule has 2 N–H and O–H groups in total. The van der Waals surface area contributed by atoms with Crippen molar-refractivity contribution in [1.29, 1.82) is 0 Å². The maximum Gasteiger partial charge on any atom is 0.333 e. The average molecular weight is 260 g/mol. The van der Waals surface area contributed by atoms with E-state index in [1.165, 1.54) is 13.1 Å². The van der Waals surface area contributed by atoms with Crippen LogP contribution >= 0.6 is 0 Å². The fourth-order valence-electron chi connectivity index (χ4n) is 1.33. The Bertz CT molecular complexity index is 485. The zero-order valence-electron chi connectivity index (χ0n) is 10.4. The van der Waals surface area contributed by atoms with Crippen LogP contribution in [0, 0.1) is 0 Å². The van der Waals surface area contributed by atoms with Gasteiger partial charge in [-0.3, -0.25) is 9.59 Å². The summed E-state index contributed by atoms with van der Waals surface area (Å²) in [7, 11) is 1.30. The highest BCUT2D eigenvalue weighted by Crippen LogP contribution is 2.03. The molecule has 0 aromatic heterocycles. The van der Waals surface area contributed by atoms with Crippen LogP contribution in [0.25, 0.3) is 6.08 Å². The lowest BCUT2D eigenvalue weighted by Crippen LogP contribution is -2.49. The molecular formula is C13H14N3O3. The summed E-state index contributed by atoms with van der Waals surface area (Å²) in [5.74, 6) is -0.534. The second-order valence-electron chi connectivity index (χ2n) is 3.65. The van der Waals surface area contributed by atoms with Crippen molar-refractivity contribution in [3.63, 3.8) is 0 Å². The van der Waals surface area contributed by atoms with Crippen LogP contribution in [0.15, 0.2) is 36.4 Å². The van der Waals surface area contributed by atoms with Gasteiger partial charge in [0.05, 0.1) is 0 Å². The van der Waals surface area contributed by atoms with Gasteiger partial charge < -0.3 is 5.73 Å². The monoisotopic (exact) mass is 260 g/mol. The first kappa shape index (κ1) is 14.4. The number of benzene rings is 1. The number of carbonyl (C=O) groups is 2. The van der Waals surface area contributed by atoms with Gasteiger partial charge in [-0.1, -0.05) is 30.3 Å². The molecule has 0 unspecified atom stereocenters. The Morgan fingerprint density at radius 3 is 2.47 bits per heavy atom. The Morgan fingerprint density at radius 1 is 1.32 bits per heavy atom. The van der Waals surface area contributed by atoms with E-state index in [1.54, 1.807) is 12.4 Å². The van der Waals surface area contributed by atoms with Gasteiger partial charge in [0, 0.05) is 13.1 Å². The van der Waals surface area contributed by atoms with E-state index >= 15 is 0 Å². The van der Waals surface area contributed by atoms with Crippen LogP contribution in [0.5, 0.6) is 0 Å². The topological polar surface area (TPSA) is 83.7 Å². The molecule has 0 saturated heterocycles. The molecule has 0 spiro atoms. The number of nitrogens with two attached hydrogens (primary N) is 1. The van der Waals surface area contributed by atoms with Gasteiger partial charge in [-0.15, -0.1) is 0 Å². The molecule has 6 heteroatoms. The van der Waals surface area contributed by atoms with Crippen molar-refractivity contribution in [3.8, 4) is 0 Å². The highest BCUT2D eigenvalue weighted by atomic mass is 16.2. The Morgan fingerprint density at radius 2 is 1.95 bits per heavy atom. The van der Waals surface area contributed by atoms with Gasteiger partial charge in [-0.25, -0.2) is 14.8 Å². The van der Waals surface area contributed by atoms with Crippen LogP contribution in [-0.4, -0.2) is 41.8 Å². The first-order chi connectivity index (χ1) is 9.06. The van der Waals surface area contributed by atoms with E-state index < -0.39 is 11.9 Å². The van der Waals surface area contributed by atoms with E-state index in [0.717, 1.165) is 15.6 Å². The second kappa shape index (κ2) is 6.95. The van der Waals surface area contributed by atoms with Crippen molar-refractivity contribution in [1.82, 2.24) is 10.0 Å². The summed E-state index contributed by atoms with van der Waals surface area (Å²) >= 11 is 0. The molecule has 1 rings (SSSR count). The predicted molar refractivity (Wildman–Crippen MR) is 70.2 cm³/mol. The molecule has 0 fully saturated rings. The van der Waals surface area contributed by atoms with E-state index in [-0.39, 0.29) is 6.54 Å². The summed E-state index contributed by atoms with van der Waals surface area (Å²) in [6.07, 6.45) is 4.39. The quantitative estimate of drug-likeness (QED) is 0.634. The van der Waals surface area contributed by atoms with Crippen molar-refractivity contribution in [2.75, 3.05) is 13.6 Å². The van der Waals surface area contributed by atoms with E-state index in [4.69, 9.17) is 5.73 Å². The fourth-order valence-corrected chi connectivity index (χ4v) is 1.33. The Kier molecular flexibility index (Phi) is 5.28. The normalized spacial score (nSPS) is 10.2. The third-order valence-corrected chi connectivity index (χ3v) is 2.37. The molecule has 0 saturated carbocycles. The maximum atomic E-state index is 11.9. The number of hydrogen-bond acceptors (Lipinski definition) is 3. The average Bonchev–Trinajstić information content (AvgIpc) is 2.42. The number of carbonyl (C=O) groups excluding carboxylic acids is 3. The zero-order valence-corrected chi connectivity index (χ0v) is 10.4. The predicted octanol–water partition coefficient (Wildman–Crippen LogP) is 0.564. The number of primary amides is 1. The van der Waals surface area contributed by atoms with Gasteiger partial charge in [0.2, 0.25) is 6.29 Å². The molecule has 1 aromatic carbocycles. The van der Waals surface area contributed by atoms with Gasteiger partial charge in [0.25, 0.3) is 5.91 Å². The molecule has 0 heterocycles. The lowest BCUT2D eigenvalue weighted by atomic mass is 10.2. The van der Waals surface area contributed by atoms with Crippen molar-refractivity contribution < 1.29 is 14.4 Å². The molecular weight excluding hydrogens is 246 g/mol. The SMILES string of the molecule is CN(C(N)=O)N(C[C]=O)C(=O)/C=C/c1ccccc1. The van der Waals surface area contributed by atoms with Crippen LogP contribution in [0.1, 0.15) is 5.56 Å². The van der Waals surface area contributed by atoms with Gasteiger partial charge in [-0.05, 0) is 11.6 Å². The molecule has 0 aliphatic heterocycles. The Labute approximate surface area is 111 Å². The number of rotatable bonds is 4. The number of hydrogen-bond donors (Lipinski definition) is 1. The highest BCUT2D eigenvalue weighted by Gasteiger charge is 2.18. The van der Waals surface area contributed by atoms with Gasteiger partial charge in [0.15, 0.2) is 0 Å². The van der Waals surface area contributed by atoms with Crippen molar-refractivity contribution in [3.05, 3.63) is 42.0 Å². The number of hydrazine groups is 1. The standard InChI is InChI=1S/C13H14N3O3/c1-15(13(14)19)16(9-10-17)12(18)8-7-11-5-3-2-4-6-11/h2-8H,9H2,1H3,(H2,14,19)/b8-7+. The largest absolute Gasteiger partial charge is 0.350 e. The maximum absolute atomic E-state index is 11.9. The minimum Gasteiger partial charge on any atom is -0.350 e. The minimum absolute atomic E-state index is 0.364. The van der Waals surface area contributed by atoms with Crippen molar-refractivity contribution in [2.45, 2.75) is 0 Å². The van der Waals surface area contributed by atoms with Crippen LogP contribution in [0.2, 0.25) is 0 Å². The summed E-state index contributed by atoms with van der Waals surface area (Å²) in [4.78, 5) is 33.3. The first-order valence-electron chi connectivity index (χ1n) is 5.49. The summed E-state index contributed by atoms with van der Waals surface area (Å²) < 4.78 is 0. The number of amides is 3. The van der Waals surface area contributed by atoms with Crippen molar-refractivity contribution >= 4 is 24.3 Å². The molecule has 3 amide bonds. The van der Waals surface area contributed by atoms with E-state index in [0.29, 0.717) is 0 Å². The summed E-state index contributed by atoms with van der Waals surface area (Å²) in [5, 5.41) is 1.76. The third kappa shape index (κ3) is 4.27. The van der Waals surface area contributed by atoms with Crippen LogP contribution in [0.3, 0.4) is 0 Å². The first-order valence-corrected chi connectivity index (χ1v) is 5.49. The fraction of sp³-hybridized carbons (Fsp3) is 0.154. The summed E-state index contributed by atoms with van der Waals surface area (Å²) in [6.45, 7) is -0.364. The lowest BCUT2D eigenvalue weighted by Gasteiger charge is -2.27. The van der Waals surface area contributed by atoms with Crippen molar-refractivity contribution in [2.24, 2.45) is 5.73 Å². The zero-order chi connectivity index (χ0) is 14.3. The van der Waals surface area contributed by atoms with E-state index in [1.807, 2.05) is 30.3 Å². The highest BCUT2D eigenvalue weighted by molar-refractivity contribution is 5.93. The summed E-state index contributed by atoms with van der Waals surface area (Å²) in [5.41, 5.74) is 5.88. The second-order valence-corrected chi connectivity index (χ2v) is 3.65. The molecule has 1 radical (unpaired) electrons. The van der Waals surface area contributed by atoms with Crippen LogP contribution in [0.4, 0.5) is 4.79 Å². The Hall–Kier alpha value is -2.63. The number of nitrogens with zero attached hydrogens (tertiary/aromatic N) is 2. The van der Waals surface area contributed by atoms with Gasteiger partial charge in [0.1, 0.15) is 6.54 Å². The molecule has 6 nitrogen and oxygen atoms in total. The molecule has 0 aliphatic rings. The Balaban J connectivity index is 2.80. The molecule has 19 heavy (non-hydrogen) atoms. The molecule has 0 atom stereocenters. The number of urea groups is 1. The molecule has 1 aromatic rings. The third-order valence-electron chi connectivity index (χ3n) is 2.37. The summed E-state index contributed by atoms with van der Waals surface area (Å²) in [6, 6.07) is 8.31. The van der Waals surface area contributed by atoms with Crippen LogP contribution < -0.4 is 5.73 Å². The van der Waals surface area contributed by atoms with E-state index in [9.17, 15) is 14.4 Å². The molecule has 0 bridgehead atoms. The molecule has 99 valence electrons. The van der Waals surface area contributed by atoms with E-state index in [2.05, 4.69) is 0 Å². The van der Waals surface area contributed by atoms with Gasteiger partial charge >= 0.3 is 6.03 Å². The lowest BCUT2D eigenvalue weighted by molar-refractivity contribution is -0.135. The van der Waals surface area contributed by atoms with Crippen LogP contribution in [-0.2, 0) is 9.59 Å². The van der Waals surface area contributed by atoms with Gasteiger partial charge in [-0.2, -0.15) is 0 Å². The minimum atomic E-state index is -0.836.